The van der Waals surface area contributed by atoms with Gasteiger partial charge in [-0.2, -0.15) is 0 Å². The second kappa shape index (κ2) is 6.08. The molecule has 1 aliphatic rings. The van der Waals surface area contributed by atoms with Gasteiger partial charge in [-0.1, -0.05) is 62.7 Å². The molecule has 0 N–H and O–H groups in total. The van der Waals surface area contributed by atoms with Crippen molar-refractivity contribution in [3.05, 3.63) is 76.5 Å². The third-order valence-electron chi connectivity index (χ3n) is 3.97. The third-order valence-corrected chi connectivity index (χ3v) is 3.97. The largest absolute Gasteiger partial charge is 0.402 e. The highest BCUT2D eigenvalue weighted by molar-refractivity contribution is 6.12. The lowest BCUT2D eigenvalue weighted by atomic mass is 9.87. The molecule has 2 aromatic carbocycles. The van der Waals surface area contributed by atoms with Crippen LogP contribution < -0.4 is 0 Å². The molecule has 0 bridgehead atoms. The van der Waals surface area contributed by atoms with E-state index in [4.69, 9.17) is 4.74 Å². The molecule has 3 rings (SSSR count). The molecule has 0 atom stereocenters. The van der Waals surface area contributed by atoms with E-state index in [0.717, 1.165) is 16.7 Å². The zero-order valence-electron chi connectivity index (χ0n) is 14.5. The Morgan fingerprint density at radius 2 is 1.75 bits per heavy atom. The molecule has 0 unspecified atom stereocenters. The Hall–Kier alpha value is -2.68. The molecule has 0 saturated heterocycles. The average molecular weight is 319 g/mol. The van der Waals surface area contributed by atoms with Crippen LogP contribution in [0.3, 0.4) is 0 Å². The normalized spacial score (nSPS) is 16.2. The van der Waals surface area contributed by atoms with E-state index in [0.29, 0.717) is 11.6 Å². The van der Waals surface area contributed by atoms with Gasteiger partial charge in [0.05, 0.1) is 0 Å². The van der Waals surface area contributed by atoms with Crippen LogP contribution in [0.1, 0.15) is 43.0 Å². The predicted octanol–water partition coefficient (Wildman–Crippen LogP) is 4.64. The van der Waals surface area contributed by atoms with Gasteiger partial charge in [-0.25, -0.2) is 9.79 Å². The van der Waals surface area contributed by atoms with Gasteiger partial charge in [0.15, 0.2) is 5.70 Å². The molecule has 3 heteroatoms. The standard InChI is InChI=1S/C21H21NO2/c1-14-6-5-7-16(12-14)19-22-18(20(23)24-19)13-15-8-10-17(11-9-15)21(2,3)4/h5-13H,1-4H3/b18-13+. The molecule has 24 heavy (non-hydrogen) atoms. The maximum absolute atomic E-state index is 12.1. The molecular weight excluding hydrogens is 298 g/mol. The number of cyclic esters (lactones) is 1. The third kappa shape index (κ3) is 3.46. The first kappa shape index (κ1) is 16.2. The molecule has 1 heterocycles. The quantitative estimate of drug-likeness (QED) is 0.597. The molecule has 3 nitrogen and oxygen atoms in total. The maximum Gasteiger partial charge on any atom is 0.363 e. The number of nitrogens with zero attached hydrogens (tertiary/aromatic N) is 1. The average Bonchev–Trinajstić information content (AvgIpc) is 2.88. The second-order valence-electron chi connectivity index (χ2n) is 7.08. The van der Waals surface area contributed by atoms with Crippen LogP contribution in [-0.4, -0.2) is 11.9 Å². The lowest BCUT2D eigenvalue weighted by Crippen LogP contribution is -2.10. The van der Waals surface area contributed by atoms with E-state index in [-0.39, 0.29) is 5.41 Å². The van der Waals surface area contributed by atoms with E-state index < -0.39 is 5.97 Å². The monoisotopic (exact) mass is 319 g/mol. The van der Waals surface area contributed by atoms with Gasteiger partial charge in [-0.15, -0.1) is 0 Å². The lowest BCUT2D eigenvalue weighted by molar-refractivity contribution is -0.129. The molecule has 2 aromatic rings. The van der Waals surface area contributed by atoms with E-state index in [1.165, 1.54) is 5.56 Å². The molecule has 0 radical (unpaired) electrons. The number of carbonyl (C=O) groups is 1. The number of hydrogen-bond acceptors (Lipinski definition) is 3. The number of benzene rings is 2. The van der Waals surface area contributed by atoms with Crippen molar-refractivity contribution in [2.45, 2.75) is 33.1 Å². The van der Waals surface area contributed by atoms with Crippen LogP contribution in [0.25, 0.3) is 6.08 Å². The summed E-state index contributed by atoms with van der Waals surface area (Å²) in [6, 6.07) is 15.9. The number of aliphatic imine (C=N–C) groups is 1. The van der Waals surface area contributed by atoms with Crippen LogP contribution in [0.2, 0.25) is 0 Å². The van der Waals surface area contributed by atoms with Gasteiger partial charge >= 0.3 is 5.97 Å². The summed E-state index contributed by atoms with van der Waals surface area (Å²) in [6.07, 6.45) is 1.76. The molecule has 122 valence electrons. The fraction of sp³-hybridized carbons (Fsp3) is 0.238. The summed E-state index contributed by atoms with van der Waals surface area (Å²) in [7, 11) is 0. The van der Waals surface area contributed by atoms with Crippen molar-refractivity contribution in [1.29, 1.82) is 0 Å². The fourth-order valence-corrected chi connectivity index (χ4v) is 2.55. The number of hydrogen-bond donors (Lipinski definition) is 0. The summed E-state index contributed by atoms with van der Waals surface area (Å²) in [6.45, 7) is 8.52. The summed E-state index contributed by atoms with van der Waals surface area (Å²) in [4.78, 5) is 16.4. The van der Waals surface area contributed by atoms with Gasteiger partial charge in [-0.3, -0.25) is 0 Å². The van der Waals surface area contributed by atoms with Gasteiger partial charge in [-0.05, 0) is 41.7 Å². The van der Waals surface area contributed by atoms with E-state index in [2.05, 4.69) is 37.9 Å². The molecule has 0 fully saturated rings. The molecule has 0 amide bonds. The minimum Gasteiger partial charge on any atom is -0.402 e. The zero-order chi connectivity index (χ0) is 17.3. The van der Waals surface area contributed by atoms with E-state index in [9.17, 15) is 4.79 Å². The number of rotatable bonds is 2. The van der Waals surface area contributed by atoms with Gasteiger partial charge < -0.3 is 4.74 Å². The summed E-state index contributed by atoms with van der Waals surface area (Å²) in [5.41, 5.74) is 4.53. The van der Waals surface area contributed by atoms with Crippen molar-refractivity contribution in [3.63, 3.8) is 0 Å². The second-order valence-corrected chi connectivity index (χ2v) is 7.08. The highest BCUT2D eigenvalue weighted by atomic mass is 16.6. The van der Waals surface area contributed by atoms with Crippen LogP contribution >= 0.6 is 0 Å². The summed E-state index contributed by atoms with van der Waals surface area (Å²) in [5, 5.41) is 0. The fourth-order valence-electron chi connectivity index (χ4n) is 2.55. The number of carbonyl (C=O) groups excluding carboxylic acids is 1. The number of aryl methyl sites for hydroxylation is 1. The van der Waals surface area contributed by atoms with Gasteiger partial charge in [0, 0.05) is 5.56 Å². The Morgan fingerprint density at radius 1 is 1.04 bits per heavy atom. The molecule has 0 aliphatic carbocycles. The first-order valence-corrected chi connectivity index (χ1v) is 8.03. The Balaban J connectivity index is 1.88. The van der Waals surface area contributed by atoms with E-state index >= 15 is 0 Å². The van der Waals surface area contributed by atoms with Crippen LogP contribution in [-0.2, 0) is 14.9 Å². The first-order valence-electron chi connectivity index (χ1n) is 8.03. The van der Waals surface area contributed by atoms with Crippen molar-refractivity contribution < 1.29 is 9.53 Å². The zero-order valence-corrected chi connectivity index (χ0v) is 14.5. The predicted molar refractivity (Wildman–Crippen MR) is 96.9 cm³/mol. The first-order chi connectivity index (χ1) is 11.3. The van der Waals surface area contributed by atoms with Crippen LogP contribution in [0.4, 0.5) is 0 Å². The SMILES string of the molecule is Cc1cccc(C2=N/C(=C/c3ccc(C(C)(C)C)cc3)C(=O)O2)c1. The van der Waals surface area contributed by atoms with Crippen molar-refractivity contribution >= 4 is 17.9 Å². The molecule has 0 aromatic heterocycles. The summed E-state index contributed by atoms with van der Waals surface area (Å²) < 4.78 is 5.31. The minimum atomic E-state index is -0.411. The van der Waals surface area contributed by atoms with Crippen molar-refractivity contribution in [1.82, 2.24) is 0 Å². The summed E-state index contributed by atoms with van der Waals surface area (Å²) >= 11 is 0. The summed E-state index contributed by atoms with van der Waals surface area (Å²) in [5.74, 6) is -0.0485. The van der Waals surface area contributed by atoms with Crippen LogP contribution in [0.5, 0.6) is 0 Å². The van der Waals surface area contributed by atoms with Crippen molar-refractivity contribution in [2.24, 2.45) is 4.99 Å². The minimum absolute atomic E-state index is 0.106. The Bertz CT molecular complexity index is 837. The number of esters is 1. The molecular formula is C21H21NO2. The molecule has 0 saturated carbocycles. The maximum atomic E-state index is 12.1. The van der Waals surface area contributed by atoms with Crippen LogP contribution in [0.15, 0.2) is 59.2 Å². The Kier molecular flexibility index (Phi) is 4.10. The highest BCUT2D eigenvalue weighted by Gasteiger charge is 2.24. The Labute approximate surface area is 142 Å². The topological polar surface area (TPSA) is 38.7 Å². The molecule has 1 aliphatic heterocycles. The van der Waals surface area contributed by atoms with Crippen LogP contribution in [0, 0.1) is 6.92 Å². The lowest BCUT2D eigenvalue weighted by Gasteiger charge is -2.18. The molecule has 0 spiro atoms. The van der Waals surface area contributed by atoms with Gasteiger partial charge in [0.1, 0.15) is 0 Å². The van der Waals surface area contributed by atoms with E-state index in [1.807, 2.05) is 43.3 Å². The van der Waals surface area contributed by atoms with Crippen molar-refractivity contribution in [3.8, 4) is 0 Å². The number of ether oxygens (including phenoxy) is 1. The van der Waals surface area contributed by atoms with Crippen molar-refractivity contribution in [2.75, 3.05) is 0 Å². The Morgan fingerprint density at radius 3 is 2.38 bits per heavy atom. The van der Waals surface area contributed by atoms with E-state index in [1.54, 1.807) is 6.08 Å². The smallest absolute Gasteiger partial charge is 0.363 e. The van der Waals surface area contributed by atoms with Gasteiger partial charge in [0.25, 0.3) is 0 Å². The van der Waals surface area contributed by atoms with Gasteiger partial charge in [0.2, 0.25) is 5.90 Å². The highest BCUT2D eigenvalue weighted by Crippen LogP contribution is 2.24.